The van der Waals surface area contributed by atoms with Gasteiger partial charge in [0.25, 0.3) is 5.91 Å². The van der Waals surface area contributed by atoms with Gasteiger partial charge in [0.1, 0.15) is 6.54 Å². The first kappa shape index (κ1) is 25.4. The number of aliphatic carboxylic acids is 1. The van der Waals surface area contributed by atoms with Crippen LogP contribution in [0.1, 0.15) is 42.5 Å². The molecular weight excluding hydrogens is 512 g/mol. The van der Waals surface area contributed by atoms with E-state index < -0.39 is 24.5 Å². The van der Waals surface area contributed by atoms with Gasteiger partial charge in [-0.3, -0.25) is 9.59 Å². The fraction of sp³-hybridized carbons (Fsp3) is 0.318. The van der Waals surface area contributed by atoms with Gasteiger partial charge in [-0.15, -0.1) is 0 Å². The summed E-state index contributed by atoms with van der Waals surface area (Å²) in [4.78, 5) is 38.9. The Morgan fingerprint density at radius 1 is 0.909 bits per heavy atom. The lowest BCUT2D eigenvalue weighted by atomic mass is 9.93. The van der Waals surface area contributed by atoms with E-state index in [0.717, 1.165) is 19.3 Å². The maximum absolute atomic E-state index is 13.5. The molecule has 7 nitrogen and oxygen atoms in total. The second kappa shape index (κ2) is 11.3. The van der Waals surface area contributed by atoms with Crippen LogP contribution in [0, 0.1) is 0 Å². The van der Waals surface area contributed by atoms with Crippen molar-refractivity contribution in [2.45, 2.75) is 38.1 Å². The number of carbonyl (C=O) groups excluding carboxylic acids is 2. The van der Waals surface area contributed by atoms with Crippen LogP contribution in [0.25, 0.3) is 0 Å². The normalized spacial score (nSPS) is 13.9. The molecule has 0 aliphatic heterocycles. The van der Waals surface area contributed by atoms with Gasteiger partial charge >= 0.3 is 12.0 Å². The summed E-state index contributed by atoms with van der Waals surface area (Å²) in [6.45, 7) is -0.468. The minimum Gasteiger partial charge on any atom is -0.480 e. The van der Waals surface area contributed by atoms with Gasteiger partial charge in [-0.05, 0) is 37.1 Å². The van der Waals surface area contributed by atoms with Gasteiger partial charge in [0.05, 0.1) is 37.0 Å². The lowest BCUT2D eigenvalue weighted by Gasteiger charge is -2.33. The largest absolute Gasteiger partial charge is 0.480 e. The first-order chi connectivity index (χ1) is 15.7. The van der Waals surface area contributed by atoms with Crippen molar-refractivity contribution in [2.75, 3.05) is 17.2 Å². The number of para-hydroxylation sites is 1. The zero-order valence-electron chi connectivity index (χ0n) is 17.3. The number of rotatable bonds is 6. The van der Waals surface area contributed by atoms with Crippen molar-refractivity contribution in [1.82, 2.24) is 4.90 Å². The SMILES string of the molecule is O=C(O)CN(C(=O)c1cc(Cl)c(Cl)cc1NC(=O)Nc1c(Cl)cccc1Cl)C1CCCCC1. The Bertz CT molecular complexity index is 1050. The minimum atomic E-state index is -1.13. The number of carbonyl (C=O) groups is 3. The van der Waals surface area contributed by atoms with Crippen LogP contribution in [-0.4, -0.2) is 40.5 Å². The average Bonchev–Trinajstić information content (AvgIpc) is 2.77. The van der Waals surface area contributed by atoms with Crippen molar-refractivity contribution >= 4 is 75.7 Å². The number of benzene rings is 2. The summed E-state index contributed by atoms with van der Waals surface area (Å²) in [7, 11) is 0. The Morgan fingerprint density at radius 2 is 1.52 bits per heavy atom. The molecule has 0 bridgehead atoms. The van der Waals surface area contributed by atoms with Crippen molar-refractivity contribution < 1.29 is 19.5 Å². The molecule has 0 atom stereocenters. The molecule has 1 saturated carbocycles. The molecule has 2 aromatic carbocycles. The van der Waals surface area contributed by atoms with Crippen molar-refractivity contribution in [3.8, 4) is 0 Å². The molecule has 11 heteroatoms. The lowest BCUT2D eigenvalue weighted by molar-refractivity contribution is -0.138. The Morgan fingerprint density at radius 3 is 2.12 bits per heavy atom. The smallest absolute Gasteiger partial charge is 0.323 e. The number of hydrogen-bond donors (Lipinski definition) is 3. The number of halogens is 4. The highest BCUT2D eigenvalue weighted by Crippen LogP contribution is 2.33. The number of carboxylic acid groups (broad SMARTS) is 1. The molecule has 0 heterocycles. The fourth-order valence-corrected chi connectivity index (χ4v) is 4.59. The van der Waals surface area contributed by atoms with Crippen LogP contribution >= 0.6 is 46.4 Å². The summed E-state index contributed by atoms with van der Waals surface area (Å²) in [6, 6.07) is 6.47. The van der Waals surface area contributed by atoms with Gasteiger partial charge in [0, 0.05) is 6.04 Å². The number of hydrogen-bond acceptors (Lipinski definition) is 3. The molecule has 2 aromatic rings. The average molecular weight is 533 g/mol. The number of nitrogens with one attached hydrogen (secondary N) is 2. The quantitative estimate of drug-likeness (QED) is 0.380. The summed E-state index contributed by atoms with van der Waals surface area (Å²) >= 11 is 24.5. The molecule has 0 spiro atoms. The van der Waals surface area contributed by atoms with Gasteiger partial charge in [-0.1, -0.05) is 71.7 Å². The summed E-state index contributed by atoms with van der Waals surface area (Å²) in [5.74, 6) is -1.69. The number of nitrogens with zero attached hydrogens (tertiary/aromatic N) is 1. The molecule has 1 fully saturated rings. The molecule has 1 aliphatic rings. The van der Waals surface area contributed by atoms with Gasteiger partial charge < -0.3 is 20.6 Å². The second-order valence-electron chi connectivity index (χ2n) is 7.61. The molecule has 1 aliphatic carbocycles. The molecule has 3 amide bonds. The fourth-order valence-electron chi connectivity index (χ4n) is 3.77. The molecule has 3 rings (SSSR count). The van der Waals surface area contributed by atoms with Crippen LogP contribution in [0.2, 0.25) is 20.1 Å². The van der Waals surface area contributed by atoms with Crippen LogP contribution in [0.3, 0.4) is 0 Å². The molecule has 0 radical (unpaired) electrons. The highest BCUT2D eigenvalue weighted by molar-refractivity contribution is 6.42. The third-order valence-corrected chi connectivity index (χ3v) is 6.67. The van der Waals surface area contributed by atoms with E-state index in [9.17, 15) is 19.5 Å². The Hall–Kier alpha value is -2.19. The van der Waals surface area contributed by atoms with Crippen LogP contribution < -0.4 is 10.6 Å². The summed E-state index contributed by atoms with van der Waals surface area (Å²) < 4.78 is 0. The van der Waals surface area contributed by atoms with Gasteiger partial charge in [0.2, 0.25) is 0 Å². The highest BCUT2D eigenvalue weighted by atomic mass is 35.5. The van der Waals surface area contributed by atoms with Crippen molar-refractivity contribution in [3.05, 3.63) is 56.0 Å². The van der Waals surface area contributed by atoms with E-state index in [0.29, 0.717) is 12.8 Å². The van der Waals surface area contributed by atoms with Crippen LogP contribution in [-0.2, 0) is 4.79 Å². The monoisotopic (exact) mass is 531 g/mol. The lowest BCUT2D eigenvalue weighted by Crippen LogP contribution is -2.44. The third kappa shape index (κ3) is 6.44. The zero-order valence-corrected chi connectivity index (χ0v) is 20.4. The van der Waals surface area contributed by atoms with Crippen LogP contribution in [0.4, 0.5) is 16.2 Å². The summed E-state index contributed by atoms with van der Waals surface area (Å²) in [5, 5.41) is 15.2. The van der Waals surface area contributed by atoms with E-state index in [4.69, 9.17) is 46.4 Å². The maximum atomic E-state index is 13.5. The van der Waals surface area contributed by atoms with Crippen molar-refractivity contribution in [3.63, 3.8) is 0 Å². The van der Waals surface area contributed by atoms with E-state index in [2.05, 4.69) is 10.6 Å². The molecule has 0 aromatic heterocycles. The van der Waals surface area contributed by atoms with E-state index >= 15 is 0 Å². The van der Waals surface area contributed by atoms with Crippen LogP contribution in [0.15, 0.2) is 30.3 Å². The van der Waals surface area contributed by atoms with Crippen LogP contribution in [0.5, 0.6) is 0 Å². The van der Waals surface area contributed by atoms with E-state index in [1.54, 1.807) is 18.2 Å². The highest BCUT2D eigenvalue weighted by Gasteiger charge is 2.30. The predicted octanol–water partition coefficient (Wildman–Crippen LogP) is 6.80. The molecule has 176 valence electrons. The maximum Gasteiger partial charge on any atom is 0.323 e. The molecular formula is C22H21Cl4N3O4. The summed E-state index contributed by atoms with van der Waals surface area (Å²) in [6.07, 6.45) is 4.25. The van der Waals surface area contributed by atoms with E-state index in [1.807, 2.05) is 0 Å². The van der Waals surface area contributed by atoms with Crippen molar-refractivity contribution in [1.29, 1.82) is 0 Å². The first-order valence-corrected chi connectivity index (χ1v) is 11.7. The van der Waals surface area contributed by atoms with Gasteiger partial charge in [-0.2, -0.15) is 0 Å². The number of anilines is 2. The molecule has 0 unspecified atom stereocenters. The molecule has 33 heavy (non-hydrogen) atoms. The van der Waals surface area contributed by atoms with Gasteiger partial charge in [-0.25, -0.2) is 4.79 Å². The Balaban J connectivity index is 1.91. The number of carboxylic acids is 1. The zero-order chi connectivity index (χ0) is 24.1. The van der Waals surface area contributed by atoms with Crippen molar-refractivity contribution in [2.24, 2.45) is 0 Å². The van der Waals surface area contributed by atoms with E-state index in [-0.39, 0.29) is 43.1 Å². The number of amides is 3. The van der Waals surface area contributed by atoms with Gasteiger partial charge in [0.15, 0.2) is 0 Å². The predicted molar refractivity (Wildman–Crippen MR) is 131 cm³/mol. The summed E-state index contributed by atoms with van der Waals surface area (Å²) in [5.41, 5.74) is 0.291. The number of urea groups is 1. The Labute approximate surface area is 210 Å². The molecule has 3 N–H and O–H groups in total. The Kier molecular flexibility index (Phi) is 8.70. The first-order valence-electron chi connectivity index (χ1n) is 10.2. The topological polar surface area (TPSA) is 98.7 Å². The van der Waals surface area contributed by atoms with E-state index in [1.165, 1.54) is 17.0 Å². The second-order valence-corrected chi connectivity index (χ2v) is 9.24. The minimum absolute atomic E-state index is 0.0247. The third-order valence-electron chi connectivity index (χ3n) is 5.32. The standard InChI is InChI=1S/C22H21Cl4N3O4/c23-14-7-4-8-15(24)20(14)28-22(33)27-18-10-17(26)16(25)9-13(18)21(32)29(11-19(30)31)12-5-2-1-3-6-12/h4,7-10,12H,1-3,5-6,11H2,(H,30,31)(H2,27,28,33). The molecule has 0 saturated heterocycles.